The van der Waals surface area contributed by atoms with E-state index in [4.69, 9.17) is 9.47 Å². The highest BCUT2D eigenvalue weighted by atomic mass is 16.6. The highest BCUT2D eigenvalue weighted by molar-refractivity contribution is 5.89. The van der Waals surface area contributed by atoms with Crippen molar-refractivity contribution in [2.75, 3.05) is 13.7 Å². The number of benzene rings is 2. The van der Waals surface area contributed by atoms with Crippen LogP contribution in [0.25, 0.3) is 21.8 Å². The van der Waals surface area contributed by atoms with E-state index in [1.54, 1.807) is 27.9 Å². The minimum atomic E-state index is -0.785. The van der Waals surface area contributed by atoms with Crippen LogP contribution in [0.5, 0.6) is 5.75 Å². The summed E-state index contributed by atoms with van der Waals surface area (Å²) in [5.74, 6) is 0.551. The number of methoxy groups -OCH3 is 1. The van der Waals surface area contributed by atoms with Crippen molar-refractivity contribution < 1.29 is 19.1 Å². The largest absolute Gasteiger partial charge is 0.496 e. The second-order valence-electron chi connectivity index (χ2n) is 9.88. The number of ether oxygens (including phenoxy) is 2. The van der Waals surface area contributed by atoms with E-state index in [1.807, 2.05) is 72.5 Å². The normalized spacial score (nSPS) is 12.5. The van der Waals surface area contributed by atoms with Gasteiger partial charge in [0.05, 0.1) is 12.6 Å². The lowest BCUT2D eigenvalue weighted by Crippen LogP contribution is -2.49. The summed E-state index contributed by atoms with van der Waals surface area (Å²) in [6.07, 6.45) is 3.70. The maximum Gasteiger partial charge on any atom is 0.408 e. The van der Waals surface area contributed by atoms with E-state index < -0.39 is 17.7 Å². The summed E-state index contributed by atoms with van der Waals surface area (Å²) in [5, 5.41) is 7.84. The first-order valence-corrected chi connectivity index (χ1v) is 12.1. The Morgan fingerprint density at radius 1 is 1.00 bits per heavy atom. The fourth-order valence-corrected chi connectivity index (χ4v) is 4.46. The number of fused-ring (bicyclic) bond motifs is 2. The van der Waals surface area contributed by atoms with Crippen LogP contribution in [0.3, 0.4) is 0 Å². The molecule has 2 heterocycles. The number of para-hydroxylation sites is 1. The first kappa shape index (κ1) is 25.2. The quantitative estimate of drug-likeness (QED) is 0.384. The van der Waals surface area contributed by atoms with Crippen LogP contribution in [-0.4, -0.2) is 46.4 Å². The molecule has 0 aliphatic heterocycles. The van der Waals surface area contributed by atoms with Gasteiger partial charge in [-0.05, 0) is 50.6 Å². The third-order valence-electron chi connectivity index (χ3n) is 6.06. The summed E-state index contributed by atoms with van der Waals surface area (Å²) >= 11 is 0. The summed E-state index contributed by atoms with van der Waals surface area (Å²) in [4.78, 5) is 25.8. The molecule has 8 heteroatoms. The zero-order valence-corrected chi connectivity index (χ0v) is 21.5. The van der Waals surface area contributed by atoms with E-state index in [2.05, 4.69) is 15.2 Å². The van der Waals surface area contributed by atoms with Gasteiger partial charge in [-0.1, -0.05) is 24.3 Å². The summed E-state index contributed by atoms with van der Waals surface area (Å²) in [7, 11) is 3.62. The van der Waals surface area contributed by atoms with E-state index >= 15 is 0 Å². The van der Waals surface area contributed by atoms with Crippen molar-refractivity contribution in [2.24, 2.45) is 7.05 Å². The minimum absolute atomic E-state index is 0.261. The number of carbonyl (C=O) groups is 2. The molecular weight excluding hydrogens is 456 g/mol. The Morgan fingerprint density at radius 2 is 1.75 bits per heavy atom. The summed E-state index contributed by atoms with van der Waals surface area (Å²) in [5.41, 5.74) is 2.41. The van der Waals surface area contributed by atoms with Crippen LogP contribution in [0, 0.1) is 0 Å². The molecule has 0 bridgehead atoms. The lowest BCUT2D eigenvalue weighted by Gasteiger charge is -2.23. The van der Waals surface area contributed by atoms with Crippen LogP contribution in [0.4, 0.5) is 4.79 Å². The Balaban J connectivity index is 1.48. The molecule has 4 rings (SSSR count). The lowest BCUT2D eigenvalue weighted by atomic mass is 10.0. The Bertz CT molecular complexity index is 1380. The number of aryl methyl sites for hydroxylation is 1. The van der Waals surface area contributed by atoms with Gasteiger partial charge in [-0.15, -0.1) is 0 Å². The molecule has 2 amide bonds. The van der Waals surface area contributed by atoms with Crippen molar-refractivity contribution in [1.29, 1.82) is 0 Å². The third-order valence-corrected chi connectivity index (χ3v) is 6.06. The molecule has 190 valence electrons. The van der Waals surface area contributed by atoms with Crippen molar-refractivity contribution >= 4 is 33.8 Å². The average molecular weight is 491 g/mol. The number of carbonyl (C=O) groups excluding carboxylic acids is 2. The molecular formula is C28H34N4O4. The minimum Gasteiger partial charge on any atom is -0.496 e. The molecule has 0 saturated carbocycles. The molecule has 0 saturated heterocycles. The zero-order valence-electron chi connectivity index (χ0n) is 21.5. The van der Waals surface area contributed by atoms with Gasteiger partial charge in [0.15, 0.2) is 0 Å². The van der Waals surface area contributed by atoms with Gasteiger partial charge in [0.2, 0.25) is 5.91 Å². The maximum absolute atomic E-state index is 13.3. The van der Waals surface area contributed by atoms with Crippen LogP contribution in [0.2, 0.25) is 0 Å². The van der Waals surface area contributed by atoms with Crippen molar-refractivity contribution in [3.8, 4) is 5.75 Å². The molecule has 1 atom stereocenters. The summed E-state index contributed by atoms with van der Waals surface area (Å²) < 4.78 is 15.0. The van der Waals surface area contributed by atoms with Crippen molar-refractivity contribution in [1.82, 2.24) is 19.8 Å². The number of nitrogens with one attached hydrogen (secondary N) is 2. The van der Waals surface area contributed by atoms with Gasteiger partial charge < -0.3 is 29.2 Å². The number of hydrogen-bond donors (Lipinski definition) is 2. The van der Waals surface area contributed by atoms with Gasteiger partial charge >= 0.3 is 6.09 Å². The molecule has 0 aliphatic carbocycles. The topological polar surface area (TPSA) is 86.5 Å². The lowest BCUT2D eigenvalue weighted by molar-refractivity contribution is -0.123. The molecule has 4 aromatic rings. The molecule has 2 aromatic heterocycles. The molecule has 2 N–H and O–H groups in total. The van der Waals surface area contributed by atoms with Crippen LogP contribution in [-0.2, 0) is 29.5 Å². The first-order valence-electron chi connectivity index (χ1n) is 12.1. The van der Waals surface area contributed by atoms with E-state index in [9.17, 15) is 9.59 Å². The first-order chi connectivity index (χ1) is 17.2. The van der Waals surface area contributed by atoms with Gasteiger partial charge in [0.25, 0.3) is 0 Å². The van der Waals surface area contributed by atoms with Crippen molar-refractivity contribution in [3.63, 3.8) is 0 Å². The molecule has 8 nitrogen and oxygen atoms in total. The summed E-state index contributed by atoms with van der Waals surface area (Å²) in [6.45, 7) is 6.37. The van der Waals surface area contributed by atoms with Gasteiger partial charge in [-0.25, -0.2) is 4.79 Å². The predicted molar refractivity (Wildman–Crippen MR) is 141 cm³/mol. The van der Waals surface area contributed by atoms with E-state index in [0.29, 0.717) is 19.5 Å². The van der Waals surface area contributed by atoms with Crippen LogP contribution < -0.4 is 15.4 Å². The maximum atomic E-state index is 13.3. The fraction of sp³-hybridized carbons (Fsp3) is 0.357. The highest BCUT2D eigenvalue weighted by Gasteiger charge is 2.26. The Morgan fingerprint density at radius 3 is 2.50 bits per heavy atom. The van der Waals surface area contributed by atoms with E-state index in [0.717, 1.165) is 33.1 Å². The molecule has 0 spiro atoms. The van der Waals surface area contributed by atoms with Crippen LogP contribution in [0.15, 0.2) is 60.9 Å². The van der Waals surface area contributed by atoms with Crippen LogP contribution >= 0.6 is 0 Å². The molecule has 0 aliphatic rings. The highest BCUT2D eigenvalue weighted by Crippen LogP contribution is 2.26. The fourth-order valence-electron chi connectivity index (χ4n) is 4.46. The second-order valence-corrected chi connectivity index (χ2v) is 9.88. The number of aromatic nitrogens is 2. The third kappa shape index (κ3) is 5.64. The number of rotatable bonds is 8. The monoisotopic (exact) mass is 490 g/mol. The van der Waals surface area contributed by atoms with Crippen LogP contribution in [0.1, 0.15) is 26.3 Å². The number of amides is 2. The van der Waals surface area contributed by atoms with E-state index in [1.165, 1.54) is 0 Å². The van der Waals surface area contributed by atoms with Gasteiger partial charge in [0, 0.05) is 55.2 Å². The Kier molecular flexibility index (Phi) is 7.24. The molecule has 2 aromatic carbocycles. The number of alkyl carbamates (subject to hydrolysis) is 1. The van der Waals surface area contributed by atoms with Gasteiger partial charge in [0.1, 0.15) is 17.4 Å². The molecule has 0 fully saturated rings. The van der Waals surface area contributed by atoms with E-state index in [-0.39, 0.29) is 5.91 Å². The van der Waals surface area contributed by atoms with Gasteiger partial charge in [-0.2, -0.15) is 0 Å². The number of nitrogens with zero attached hydrogens (tertiary/aromatic N) is 2. The zero-order chi connectivity index (χ0) is 25.9. The average Bonchev–Trinajstić information content (AvgIpc) is 3.38. The van der Waals surface area contributed by atoms with Crippen molar-refractivity contribution in [3.05, 3.63) is 66.5 Å². The Labute approximate surface area is 211 Å². The summed E-state index contributed by atoms with van der Waals surface area (Å²) in [6, 6.07) is 15.1. The predicted octanol–water partition coefficient (Wildman–Crippen LogP) is 4.39. The smallest absolute Gasteiger partial charge is 0.408 e. The van der Waals surface area contributed by atoms with Gasteiger partial charge in [-0.3, -0.25) is 4.79 Å². The SMILES string of the molecule is COc1cccc2c1ccn2CCNC(=O)[C@H](Cc1cn(C)c2ccccc12)NC(=O)OC(C)(C)C. The molecule has 0 radical (unpaired) electrons. The second kappa shape index (κ2) is 10.4. The standard InChI is InChI=1S/C28H34N4O4/c1-28(2,3)36-27(34)30-22(17-19-18-31(4)23-10-7-6-9-20(19)23)26(33)29-14-16-32-15-13-21-24(32)11-8-12-25(21)35-5/h6-13,15,18,22H,14,16-17H2,1-5H3,(H,29,33)(H,30,34)/t22-/m0/s1. The number of hydrogen-bond acceptors (Lipinski definition) is 4. The molecule has 36 heavy (non-hydrogen) atoms. The van der Waals surface area contributed by atoms with Crippen molar-refractivity contribution in [2.45, 2.75) is 45.4 Å². The molecule has 0 unspecified atom stereocenters. The Hall–Kier alpha value is -3.94.